The summed E-state index contributed by atoms with van der Waals surface area (Å²) in [5.41, 5.74) is 2.51. The molecule has 208 valence electrons. The monoisotopic (exact) mass is 541 g/mol. The molecule has 0 fully saturated rings. The van der Waals surface area contributed by atoms with Gasteiger partial charge in [-0.3, -0.25) is 0 Å². The highest BCUT2D eigenvalue weighted by Crippen LogP contribution is 2.28. The molecule has 4 aromatic rings. The van der Waals surface area contributed by atoms with E-state index in [4.69, 9.17) is 4.74 Å². The van der Waals surface area contributed by atoms with E-state index in [9.17, 15) is 14.4 Å². The molecule has 0 aliphatic rings. The van der Waals surface area contributed by atoms with Gasteiger partial charge in [0.1, 0.15) is 17.5 Å². The van der Waals surface area contributed by atoms with E-state index < -0.39 is 17.5 Å². The zero-order valence-corrected chi connectivity index (χ0v) is 23.4. The summed E-state index contributed by atoms with van der Waals surface area (Å²) in [5, 5.41) is 16.9. The van der Waals surface area contributed by atoms with E-state index in [-0.39, 0.29) is 11.5 Å². The van der Waals surface area contributed by atoms with E-state index in [2.05, 4.69) is 34.3 Å². The number of allylic oxidation sites excluding steroid dienone is 1. The highest BCUT2D eigenvalue weighted by molar-refractivity contribution is 5.85. The average Bonchev–Trinajstić information content (AvgIpc) is 3.57. The number of carbonyl (C=O) groups excluding carboxylic acids is 1. The molecule has 0 spiro atoms. The van der Waals surface area contributed by atoms with Crippen LogP contribution in [0.2, 0.25) is 0 Å². The quantitative estimate of drug-likeness (QED) is 0.218. The highest BCUT2D eigenvalue weighted by Gasteiger charge is 2.18. The number of aryl methyl sites for hydroxylation is 1. The fraction of sp³-hybridized carbons (Fsp3) is 0.312. The van der Waals surface area contributed by atoms with Gasteiger partial charge >= 0.3 is 6.09 Å². The molecule has 2 heterocycles. The van der Waals surface area contributed by atoms with Gasteiger partial charge in [0.15, 0.2) is 0 Å². The summed E-state index contributed by atoms with van der Waals surface area (Å²) in [6.45, 7) is 9.53. The van der Waals surface area contributed by atoms with E-state index in [0.29, 0.717) is 30.8 Å². The van der Waals surface area contributed by atoms with Crippen LogP contribution in [0.3, 0.4) is 0 Å². The second-order valence-corrected chi connectivity index (χ2v) is 10.8. The summed E-state index contributed by atoms with van der Waals surface area (Å²) < 4.78 is 24.5. The van der Waals surface area contributed by atoms with Crippen molar-refractivity contribution in [1.82, 2.24) is 14.5 Å². The maximum atomic E-state index is 14.9. The van der Waals surface area contributed by atoms with Gasteiger partial charge in [0.2, 0.25) is 0 Å². The maximum absolute atomic E-state index is 14.9. The first-order valence-corrected chi connectivity index (χ1v) is 13.5. The number of rotatable bonds is 10. The van der Waals surface area contributed by atoms with E-state index >= 15 is 0 Å². The van der Waals surface area contributed by atoms with Gasteiger partial charge < -0.3 is 24.5 Å². The van der Waals surface area contributed by atoms with E-state index in [0.717, 1.165) is 23.1 Å². The van der Waals surface area contributed by atoms with Crippen LogP contribution < -0.4 is 10.6 Å². The standard InChI is InChI=1S/C32H36FN5O2/c1-5-38-16-13-25-17-27(11-12-30(25)38)36-29-19-24(28(33)18-26(29)20-34)10-8-9-23(22-37-14-6-7-15-37)21-35-31(39)40-32(2,3)4/h6-8,10-19,23,36H,5,9,21-22H2,1-4H3,(H,35,39)/b10-8+/t23-/m0/s1. The van der Waals surface area contributed by atoms with Crippen LogP contribution in [0, 0.1) is 23.1 Å². The van der Waals surface area contributed by atoms with Crippen LogP contribution in [0.25, 0.3) is 17.0 Å². The van der Waals surface area contributed by atoms with Crippen molar-refractivity contribution in [3.63, 3.8) is 0 Å². The SMILES string of the molecule is CCn1ccc2cc(Nc3cc(/C=C/C[C@@H](CNC(=O)OC(C)(C)C)Cn4cccc4)c(F)cc3C#N)ccc21. The summed E-state index contributed by atoms with van der Waals surface area (Å²) in [4.78, 5) is 12.2. The first-order chi connectivity index (χ1) is 19.1. The molecule has 2 N–H and O–H groups in total. The number of alkyl carbamates (subject to hydrolysis) is 1. The first kappa shape index (κ1) is 28.5. The lowest BCUT2D eigenvalue weighted by molar-refractivity contribution is 0.0517. The van der Waals surface area contributed by atoms with Crippen molar-refractivity contribution in [2.24, 2.45) is 5.92 Å². The minimum Gasteiger partial charge on any atom is -0.444 e. The number of anilines is 2. The predicted octanol–water partition coefficient (Wildman–Crippen LogP) is 7.46. The Labute approximate surface area is 234 Å². The van der Waals surface area contributed by atoms with Crippen molar-refractivity contribution < 1.29 is 13.9 Å². The number of fused-ring (bicyclic) bond motifs is 1. The van der Waals surface area contributed by atoms with E-state index in [1.807, 2.05) is 80.3 Å². The van der Waals surface area contributed by atoms with E-state index in [1.165, 1.54) is 6.07 Å². The molecule has 8 heteroatoms. The molecule has 0 saturated carbocycles. The van der Waals surface area contributed by atoms with E-state index in [1.54, 1.807) is 12.1 Å². The number of ether oxygens (including phenoxy) is 1. The lowest BCUT2D eigenvalue weighted by Gasteiger charge is -2.22. The molecule has 0 aliphatic carbocycles. The van der Waals surface area contributed by atoms with Crippen LogP contribution in [0.1, 0.15) is 45.2 Å². The molecule has 0 aliphatic heterocycles. The molecule has 4 rings (SSSR count). The van der Waals surface area contributed by atoms with Crippen molar-refractivity contribution in [3.8, 4) is 6.07 Å². The molecular weight excluding hydrogens is 505 g/mol. The average molecular weight is 542 g/mol. The minimum atomic E-state index is -0.578. The van der Waals surface area contributed by atoms with Crippen LogP contribution in [0.5, 0.6) is 0 Å². The van der Waals surface area contributed by atoms with Crippen molar-refractivity contribution >= 4 is 34.4 Å². The van der Waals surface area contributed by atoms with Crippen molar-refractivity contribution in [1.29, 1.82) is 5.26 Å². The van der Waals surface area contributed by atoms with Gasteiger partial charge in [-0.1, -0.05) is 12.2 Å². The van der Waals surface area contributed by atoms with Gasteiger partial charge in [-0.25, -0.2) is 9.18 Å². The van der Waals surface area contributed by atoms with Crippen LogP contribution in [-0.4, -0.2) is 27.4 Å². The Hall–Kier alpha value is -4.51. The van der Waals surface area contributed by atoms with Crippen molar-refractivity contribution in [2.75, 3.05) is 11.9 Å². The molecule has 0 bridgehead atoms. The van der Waals surface area contributed by atoms with Gasteiger partial charge in [0.25, 0.3) is 0 Å². The number of benzene rings is 2. The Morgan fingerprint density at radius 2 is 1.93 bits per heavy atom. The molecule has 0 radical (unpaired) electrons. The summed E-state index contributed by atoms with van der Waals surface area (Å²) in [5.74, 6) is -0.417. The number of halogens is 1. The van der Waals surface area contributed by atoms with Crippen LogP contribution in [0.4, 0.5) is 20.6 Å². The Balaban J connectivity index is 1.49. The lowest BCUT2D eigenvalue weighted by Crippen LogP contribution is -2.36. The number of amides is 1. The molecule has 40 heavy (non-hydrogen) atoms. The third-order valence-corrected chi connectivity index (χ3v) is 6.48. The molecule has 2 aromatic heterocycles. The fourth-order valence-corrected chi connectivity index (χ4v) is 4.56. The number of nitriles is 1. The van der Waals surface area contributed by atoms with Crippen LogP contribution in [0.15, 0.2) is 73.2 Å². The number of hydrogen-bond acceptors (Lipinski definition) is 4. The number of carbonyl (C=O) groups is 1. The highest BCUT2D eigenvalue weighted by atomic mass is 19.1. The molecule has 1 amide bonds. The number of hydrogen-bond donors (Lipinski definition) is 2. The Bertz CT molecular complexity index is 1520. The second-order valence-electron chi connectivity index (χ2n) is 10.8. The molecular formula is C32H36FN5O2. The smallest absolute Gasteiger partial charge is 0.407 e. The van der Waals surface area contributed by atoms with Crippen molar-refractivity contribution in [3.05, 3.63) is 90.1 Å². The maximum Gasteiger partial charge on any atom is 0.407 e. The topological polar surface area (TPSA) is 84.0 Å². The zero-order valence-electron chi connectivity index (χ0n) is 23.4. The number of nitrogens with one attached hydrogen (secondary N) is 2. The molecule has 1 atom stereocenters. The minimum absolute atomic E-state index is 0.0531. The predicted molar refractivity (Wildman–Crippen MR) is 158 cm³/mol. The van der Waals surface area contributed by atoms with Gasteiger partial charge in [0.05, 0.1) is 11.3 Å². The summed E-state index contributed by atoms with van der Waals surface area (Å²) in [6.07, 6.45) is 9.74. The normalized spacial score (nSPS) is 12.4. The third-order valence-electron chi connectivity index (χ3n) is 6.48. The Morgan fingerprint density at radius 1 is 1.15 bits per heavy atom. The molecule has 2 aromatic carbocycles. The summed E-state index contributed by atoms with van der Waals surface area (Å²) >= 11 is 0. The molecule has 0 saturated heterocycles. The number of aromatic nitrogens is 2. The fourth-order valence-electron chi connectivity index (χ4n) is 4.56. The molecule has 7 nitrogen and oxygen atoms in total. The summed E-state index contributed by atoms with van der Waals surface area (Å²) in [6, 6.07) is 17.0. The lowest BCUT2D eigenvalue weighted by atomic mass is 10.0. The van der Waals surface area contributed by atoms with Gasteiger partial charge in [-0.05, 0) is 88.6 Å². The Morgan fingerprint density at radius 3 is 2.62 bits per heavy atom. The van der Waals surface area contributed by atoms with Gasteiger partial charge in [-0.2, -0.15) is 5.26 Å². The van der Waals surface area contributed by atoms with Gasteiger partial charge in [-0.15, -0.1) is 0 Å². The number of nitrogens with zero attached hydrogens (tertiary/aromatic N) is 3. The second kappa shape index (κ2) is 12.6. The summed E-state index contributed by atoms with van der Waals surface area (Å²) in [7, 11) is 0. The zero-order chi connectivity index (χ0) is 28.7. The first-order valence-electron chi connectivity index (χ1n) is 13.5. The van der Waals surface area contributed by atoms with Crippen molar-refractivity contribution in [2.45, 2.75) is 52.8 Å². The molecule has 0 unspecified atom stereocenters. The Kier molecular flexibility index (Phi) is 8.95. The largest absolute Gasteiger partial charge is 0.444 e. The van der Waals surface area contributed by atoms with Crippen LogP contribution in [-0.2, 0) is 17.8 Å². The third kappa shape index (κ3) is 7.54. The van der Waals surface area contributed by atoms with Gasteiger partial charge in [0, 0.05) is 60.4 Å². The van der Waals surface area contributed by atoms with Crippen LogP contribution >= 0.6 is 0 Å².